The highest BCUT2D eigenvalue weighted by molar-refractivity contribution is 5.92. The minimum absolute atomic E-state index is 0.529. The van der Waals surface area contributed by atoms with Crippen molar-refractivity contribution in [2.24, 2.45) is 5.92 Å². The number of fused-ring (bicyclic) bond motifs is 1. The molecule has 0 spiro atoms. The van der Waals surface area contributed by atoms with Gasteiger partial charge < -0.3 is 10.3 Å². The summed E-state index contributed by atoms with van der Waals surface area (Å²) in [5.41, 5.74) is 7.10. The Bertz CT molecular complexity index is 1260. The van der Waals surface area contributed by atoms with E-state index in [0.717, 1.165) is 51.4 Å². The number of allylic oxidation sites excluding steroid dienone is 7. The highest BCUT2D eigenvalue weighted by atomic mass is 15.2. The third-order valence-corrected chi connectivity index (χ3v) is 5.11. The predicted octanol–water partition coefficient (Wildman–Crippen LogP) is 6.48. The molecule has 0 bridgehead atoms. The number of H-pyrrole nitrogens is 2. The van der Waals surface area contributed by atoms with E-state index in [2.05, 4.69) is 71.2 Å². The largest absolute Gasteiger partial charge is 0.359 e. The average molecular weight is 441 g/mol. The SMILES string of the molecule is C=C/C=C\c1nc(-c2[nH]nc3ncc(C(/C=C(\C=C)NC(=C)CC(C)C)=C/C)cc23)[nH]c1C. The maximum atomic E-state index is 4.70. The number of aromatic nitrogens is 5. The lowest BCUT2D eigenvalue weighted by Crippen LogP contribution is -2.12. The Balaban J connectivity index is 1.97. The molecular formula is C27H32N6. The van der Waals surface area contributed by atoms with E-state index in [1.807, 2.05) is 38.3 Å². The summed E-state index contributed by atoms with van der Waals surface area (Å²) in [5.74, 6) is 1.25. The molecule has 170 valence electrons. The molecule has 3 N–H and O–H groups in total. The lowest BCUT2D eigenvalue weighted by atomic mass is 10.0. The van der Waals surface area contributed by atoms with Gasteiger partial charge in [-0.15, -0.1) is 0 Å². The van der Waals surface area contributed by atoms with Gasteiger partial charge in [-0.1, -0.05) is 51.8 Å². The Kier molecular flexibility index (Phi) is 7.61. The number of hydrogen-bond acceptors (Lipinski definition) is 4. The van der Waals surface area contributed by atoms with E-state index >= 15 is 0 Å². The Hall–Kier alpha value is -3.93. The van der Waals surface area contributed by atoms with E-state index in [-0.39, 0.29) is 0 Å². The molecule has 0 amide bonds. The minimum Gasteiger partial charge on any atom is -0.359 e. The third kappa shape index (κ3) is 5.66. The van der Waals surface area contributed by atoms with Crippen LogP contribution in [0.1, 0.15) is 44.1 Å². The number of nitrogens with zero attached hydrogens (tertiary/aromatic N) is 3. The van der Waals surface area contributed by atoms with Gasteiger partial charge in [0.25, 0.3) is 0 Å². The van der Waals surface area contributed by atoms with E-state index < -0.39 is 0 Å². The number of pyridine rings is 1. The topological polar surface area (TPSA) is 82.3 Å². The zero-order chi connectivity index (χ0) is 24.0. The smallest absolute Gasteiger partial charge is 0.181 e. The lowest BCUT2D eigenvalue weighted by molar-refractivity contribution is 0.622. The standard InChI is InChI=1S/C27H32N6/c1-8-11-12-24-19(7)30-27(31-24)25-23-15-21(16-28-26(23)33-32-25)20(9-2)14-22(10-3)29-18(6)13-17(4)5/h8-12,14-17,29H,1,3,6,13H2,2,4-5,7H3,(H,30,31)(H,28,32,33)/b12-11-,20-9+,22-14+. The molecule has 0 radical (unpaired) electrons. The minimum atomic E-state index is 0.529. The van der Waals surface area contributed by atoms with Crippen LogP contribution in [0.5, 0.6) is 0 Å². The summed E-state index contributed by atoms with van der Waals surface area (Å²) in [6, 6.07) is 2.08. The predicted molar refractivity (Wildman–Crippen MR) is 139 cm³/mol. The van der Waals surface area contributed by atoms with Crippen molar-refractivity contribution in [2.45, 2.75) is 34.1 Å². The maximum Gasteiger partial charge on any atom is 0.181 e. The van der Waals surface area contributed by atoms with Crippen LogP contribution in [0.3, 0.4) is 0 Å². The number of hydrogen-bond donors (Lipinski definition) is 3. The van der Waals surface area contributed by atoms with Gasteiger partial charge in [-0.2, -0.15) is 5.10 Å². The average Bonchev–Trinajstić information content (AvgIpc) is 3.37. The highest BCUT2D eigenvalue weighted by Crippen LogP contribution is 2.28. The molecule has 0 saturated heterocycles. The fourth-order valence-corrected chi connectivity index (χ4v) is 3.55. The molecule has 0 aliphatic carbocycles. The summed E-state index contributed by atoms with van der Waals surface area (Å²) in [5, 5.41) is 11.7. The van der Waals surface area contributed by atoms with Crippen LogP contribution in [0.4, 0.5) is 0 Å². The van der Waals surface area contributed by atoms with Gasteiger partial charge in [0.15, 0.2) is 11.5 Å². The van der Waals surface area contributed by atoms with Crippen molar-refractivity contribution in [1.29, 1.82) is 0 Å². The van der Waals surface area contributed by atoms with Crippen molar-refractivity contribution in [3.05, 3.63) is 90.7 Å². The van der Waals surface area contributed by atoms with Crippen LogP contribution in [0, 0.1) is 12.8 Å². The molecule has 3 rings (SSSR count). The Morgan fingerprint density at radius 2 is 2.06 bits per heavy atom. The zero-order valence-electron chi connectivity index (χ0n) is 19.9. The molecule has 0 fully saturated rings. The number of aryl methyl sites for hydroxylation is 1. The first-order valence-corrected chi connectivity index (χ1v) is 11.0. The molecule has 0 saturated carbocycles. The summed E-state index contributed by atoms with van der Waals surface area (Å²) in [7, 11) is 0. The zero-order valence-corrected chi connectivity index (χ0v) is 19.9. The van der Waals surface area contributed by atoms with Crippen molar-refractivity contribution in [3.63, 3.8) is 0 Å². The molecule has 0 unspecified atom stereocenters. The van der Waals surface area contributed by atoms with E-state index in [1.165, 1.54) is 0 Å². The van der Waals surface area contributed by atoms with Crippen LogP contribution in [0.25, 0.3) is 34.2 Å². The molecule has 3 aromatic heterocycles. The van der Waals surface area contributed by atoms with Gasteiger partial charge in [0.2, 0.25) is 0 Å². The number of aromatic amines is 2. The van der Waals surface area contributed by atoms with Gasteiger partial charge in [0.05, 0.1) is 11.1 Å². The quantitative estimate of drug-likeness (QED) is 0.315. The van der Waals surface area contributed by atoms with Crippen LogP contribution in [0.15, 0.2) is 73.8 Å². The molecular weight excluding hydrogens is 408 g/mol. The fourth-order valence-electron chi connectivity index (χ4n) is 3.55. The summed E-state index contributed by atoms with van der Waals surface area (Å²) in [4.78, 5) is 12.6. The lowest BCUT2D eigenvalue weighted by Gasteiger charge is -2.13. The van der Waals surface area contributed by atoms with Crippen molar-refractivity contribution < 1.29 is 0 Å². The van der Waals surface area contributed by atoms with Crippen LogP contribution in [-0.4, -0.2) is 25.1 Å². The molecule has 0 aliphatic rings. The van der Waals surface area contributed by atoms with Gasteiger partial charge in [0, 0.05) is 28.8 Å². The van der Waals surface area contributed by atoms with E-state index in [9.17, 15) is 0 Å². The molecule has 3 heterocycles. The second-order valence-corrected chi connectivity index (χ2v) is 8.26. The summed E-state index contributed by atoms with van der Waals surface area (Å²) in [6.45, 7) is 20.1. The van der Waals surface area contributed by atoms with Crippen molar-refractivity contribution in [3.8, 4) is 11.5 Å². The third-order valence-electron chi connectivity index (χ3n) is 5.11. The summed E-state index contributed by atoms with van der Waals surface area (Å²) >= 11 is 0. The highest BCUT2D eigenvalue weighted by Gasteiger charge is 2.15. The Morgan fingerprint density at radius 1 is 1.27 bits per heavy atom. The monoisotopic (exact) mass is 440 g/mol. The van der Waals surface area contributed by atoms with Gasteiger partial charge in [-0.05, 0) is 56.1 Å². The van der Waals surface area contributed by atoms with E-state index in [4.69, 9.17) is 4.98 Å². The van der Waals surface area contributed by atoms with Gasteiger partial charge in [-0.3, -0.25) is 5.10 Å². The van der Waals surface area contributed by atoms with Crippen molar-refractivity contribution in [2.75, 3.05) is 0 Å². The van der Waals surface area contributed by atoms with E-state index in [0.29, 0.717) is 17.4 Å². The number of rotatable bonds is 10. The Morgan fingerprint density at radius 3 is 2.73 bits per heavy atom. The van der Waals surface area contributed by atoms with Crippen LogP contribution in [-0.2, 0) is 0 Å². The number of nitrogens with one attached hydrogen (secondary N) is 3. The first-order valence-electron chi connectivity index (χ1n) is 11.0. The van der Waals surface area contributed by atoms with Gasteiger partial charge in [-0.25, -0.2) is 9.97 Å². The molecule has 33 heavy (non-hydrogen) atoms. The molecule has 3 aromatic rings. The van der Waals surface area contributed by atoms with Gasteiger partial charge in [0.1, 0.15) is 5.69 Å². The normalized spacial score (nSPS) is 12.6. The van der Waals surface area contributed by atoms with E-state index in [1.54, 1.807) is 12.2 Å². The molecule has 0 aromatic carbocycles. The fraction of sp³-hybridized carbons (Fsp3) is 0.222. The molecule has 0 atom stereocenters. The maximum absolute atomic E-state index is 4.70. The van der Waals surface area contributed by atoms with Crippen LogP contribution in [0.2, 0.25) is 0 Å². The second-order valence-electron chi connectivity index (χ2n) is 8.26. The Labute approximate surface area is 195 Å². The first-order chi connectivity index (χ1) is 15.9. The molecule has 0 aliphatic heterocycles. The summed E-state index contributed by atoms with van der Waals surface area (Å²) in [6.07, 6.45) is 14.1. The van der Waals surface area contributed by atoms with Crippen molar-refractivity contribution >= 4 is 22.7 Å². The first kappa shape index (κ1) is 23.7. The van der Waals surface area contributed by atoms with Gasteiger partial charge >= 0.3 is 0 Å². The molecule has 6 nitrogen and oxygen atoms in total. The van der Waals surface area contributed by atoms with Crippen LogP contribution >= 0.6 is 0 Å². The molecule has 6 heteroatoms. The van der Waals surface area contributed by atoms with Crippen molar-refractivity contribution in [1.82, 2.24) is 30.5 Å². The second kappa shape index (κ2) is 10.6. The summed E-state index contributed by atoms with van der Waals surface area (Å²) < 4.78 is 0. The van der Waals surface area contributed by atoms with Crippen LogP contribution < -0.4 is 5.32 Å². The number of imidazole rings is 1.